The molecule has 1 fully saturated rings. The maximum atomic E-state index is 13.1. The number of methoxy groups -OCH3 is 1. The molecule has 2 unspecified atom stereocenters. The fourth-order valence-corrected chi connectivity index (χ4v) is 8.13. The molecule has 1 N–H and O–H groups in total. The normalized spacial score (nSPS) is 19.3. The van der Waals surface area contributed by atoms with Gasteiger partial charge in [0.2, 0.25) is 5.96 Å². The van der Waals surface area contributed by atoms with Gasteiger partial charge in [0, 0.05) is 36.4 Å². The van der Waals surface area contributed by atoms with E-state index in [-0.39, 0.29) is 6.04 Å². The van der Waals surface area contributed by atoms with Crippen LogP contribution in [0.5, 0.6) is 5.75 Å². The lowest BCUT2D eigenvalue weighted by Crippen LogP contribution is -2.47. The van der Waals surface area contributed by atoms with Gasteiger partial charge in [-0.15, -0.1) is 8.36 Å². The van der Waals surface area contributed by atoms with Crippen LogP contribution in [-0.4, -0.2) is 46.3 Å². The van der Waals surface area contributed by atoms with Crippen LogP contribution >= 0.6 is 32.9 Å². The number of likely N-dealkylation sites (N-methyl/N-ethyl adjacent to an activating group) is 1. The first-order valence-electron chi connectivity index (χ1n) is 15.1. The third kappa shape index (κ3) is 5.69. The molecule has 3 aromatic carbocycles. The number of allylic oxidation sites excluding steroid dienone is 1. The van der Waals surface area contributed by atoms with E-state index in [1.165, 1.54) is 12.8 Å². The van der Waals surface area contributed by atoms with E-state index >= 15 is 0 Å². The van der Waals surface area contributed by atoms with Gasteiger partial charge >= 0.3 is 0 Å². The monoisotopic (exact) mass is 711 g/mol. The van der Waals surface area contributed by atoms with Crippen molar-refractivity contribution in [3.8, 4) is 5.75 Å². The lowest BCUT2D eigenvalue weighted by Gasteiger charge is -2.43. The first-order valence-corrected chi connectivity index (χ1v) is 17.4. The zero-order valence-electron chi connectivity index (χ0n) is 25.2. The molecule has 2 heterocycles. The van der Waals surface area contributed by atoms with Gasteiger partial charge in [-0.3, -0.25) is 3.11 Å². The number of benzene rings is 3. The Morgan fingerprint density at radius 3 is 2.56 bits per heavy atom. The number of anilines is 1. The number of fused-ring (bicyclic) bond motifs is 2. The maximum Gasteiger partial charge on any atom is 0.237 e. The summed E-state index contributed by atoms with van der Waals surface area (Å²) in [6.07, 6.45) is 6.53. The van der Waals surface area contributed by atoms with Crippen molar-refractivity contribution in [3.63, 3.8) is 0 Å². The average Bonchev–Trinajstić information content (AvgIpc) is 3.73. The van der Waals surface area contributed by atoms with Crippen molar-refractivity contribution >= 4 is 44.6 Å². The Balaban J connectivity index is 1.58. The molecule has 0 amide bonds. The van der Waals surface area contributed by atoms with Crippen LogP contribution in [0.25, 0.3) is 0 Å². The van der Waals surface area contributed by atoms with Gasteiger partial charge in [-0.1, -0.05) is 61.4 Å². The molecule has 3 aliphatic rings. The number of ether oxygens (including phenoxy) is 1. The highest BCUT2D eigenvalue weighted by atomic mass is 127. The fourth-order valence-electron chi connectivity index (χ4n) is 6.02. The third-order valence-electron chi connectivity index (χ3n) is 8.62. The minimum atomic E-state index is -1.39. The number of nitrogens with zero attached hydrogens (tertiary/aromatic N) is 5. The number of unbranched alkanes of at least 4 members (excludes halogenated alkanes) is 1. The number of halogens is 2. The van der Waals surface area contributed by atoms with E-state index in [1.54, 1.807) is 7.11 Å². The van der Waals surface area contributed by atoms with Crippen molar-refractivity contribution < 1.29 is 9.84 Å². The lowest BCUT2D eigenvalue weighted by molar-refractivity contribution is 0.0885. The van der Waals surface area contributed by atoms with E-state index < -0.39 is 26.9 Å². The lowest BCUT2D eigenvalue weighted by atomic mass is 9.80. The Labute approximate surface area is 270 Å². The molecule has 0 spiro atoms. The molecule has 7 nitrogen and oxygen atoms in total. The van der Waals surface area contributed by atoms with Crippen LogP contribution in [0.2, 0.25) is 5.02 Å². The van der Waals surface area contributed by atoms with Gasteiger partial charge in [0.25, 0.3) is 0 Å². The molecule has 0 saturated heterocycles. The summed E-state index contributed by atoms with van der Waals surface area (Å²) in [7, 11) is 3.72. The second-order valence-electron chi connectivity index (χ2n) is 11.5. The molecule has 0 aromatic heterocycles. The predicted molar refractivity (Wildman–Crippen MR) is 183 cm³/mol. The minimum Gasteiger partial charge on any atom is -0.497 e. The number of hydrogen-bond donors (Lipinski definition) is 1. The van der Waals surface area contributed by atoms with Crippen molar-refractivity contribution in [2.75, 3.05) is 32.1 Å². The molecule has 2 atom stereocenters. The van der Waals surface area contributed by atoms with Crippen LogP contribution in [0.3, 0.4) is 0 Å². The molecule has 3 aromatic rings. The number of rotatable bonds is 11. The van der Waals surface area contributed by atoms with Gasteiger partial charge in [0.1, 0.15) is 27.1 Å². The Kier molecular flexibility index (Phi) is 8.80. The van der Waals surface area contributed by atoms with Crippen LogP contribution in [0.4, 0.5) is 5.69 Å². The van der Waals surface area contributed by atoms with E-state index in [0.717, 1.165) is 71.3 Å². The highest BCUT2D eigenvalue weighted by Gasteiger charge is 2.44. The highest BCUT2D eigenvalue weighted by Crippen LogP contribution is 2.50. The topological polar surface area (TPSA) is 63.9 Å². The van der Waals surface area contributed by atoms with Crippen LogP contribution in [-0.2, 0) is 5.60 Å². The van der Waals surface area contributed by atoms with Crippen molar-refractivity contribution in [3.05, 3.63) is 106 Å². The van der Waals surface area contributed by atoms with Crippen LogP contribution in [0, 0.1) is 5.92 Å². The molecule has 2 aliphatic heterocycles. The SMILES string of the molecule is CCC/C=C(\N(C)CC)C(O)(c1ccc(OC)cc1)c1ccc2c(c1)C(c1cccc(Cl)c1)N1I=NN=C1N2CC1CC1. The molecule has 1 saturated carbocycles. The summed E-state index contributed by atoms with van der Waals surface area (Å²) >= 11 is 5.85. The summed E-state index contributed by atoms with van der Waals surface area (Å²) in [6.45, 7) is 5.97. The summed E-state index contributed by atoms with van der Waals surface area (Å²) in [5, 5.41) is 18.5. The van der Waals surface area contributed by atoms with Crippen molar-refractivity contribution in [1.29, 1.82) is 0 Å². The van der Waals surface area contributed by atoms with Crippen LogP contribution < -0.4 is 9.64 Å². The summed E-state index contributed by atoms with van der Waals surface area (Å²) in [5.41, 5.74) is 4.47. The van der Waals surface area contributed by atoms with E-state index in [2.05, 4.69) is 72.5 Å². The van der Waals surface area contributed by atoms with Gasteiger partial charge in [-0.2, -0.15) is 0 Å². The summed E-state index contributed by atoms with van der Waals surface area (Å²) in [6, 6.07) is 22.3. The summed E-state index contributed by atoms with van der Waals surface area (Å²) in [4.78, 5) is 4.51. The van der Waals surface area contributed by atoms with Crippen molar-refractivity contribution in [1.82, 2.24) is 8.01 Å². The largest absolute Gasteiger partial charge is 0.497 e. The highest BCUT2D eigenvalue weighted by molar-refractivity contribution is 14.1. The van der Waals surface area contributed by atoms with Crippen molar-refractivity contribution in [2.45, 2.75) is 51.2 Å². The van der Waals surface area contributed by atoms with Crippen LogP contribution in [0.1, 0.15) is 67.8 Å². The zero-order chi connectivity index (χ0) is 30.1. The Morgan fingerprint density at radius 2 is 1.88 bits per heavy atom. The number of aliphatic hydroxyl groups is 1. The van der Waals surface area contributed by atoms with E-state index in [0.29, 0.717) is 10.9 Å². The first-order chi connectivity index (χ1) is 20.9. The third-order valence-corrected chi connectivity index (χ3v) is 10.7. The van der Waals surface area contributed by atoms with E-state index in [1.807, 2.05) is 42.5 Å². The minimum absolute atomic E-state index is 0.103. The molecular formula is C34H39ClIN5O2. The Morgan fingerprint density at radius 1 is 1.12 bits per heavy atom. The van der Waals surface area contributed by atoms with Crippen molar-refractivity contribution in [2.24, 2.45) is 14.3 Å². The number of hydrogen-bond acceptors (Lipinski definition) is 7. The predicted octanol–water partition coefficient (Wildman–Crippen LogP) is 8.20. The average molecular weight is 712 g/mol. The molecule has 0 radical (unpaired) electrons. The zero-order valence-corrected chi connectivity index (χ0v) is 28.1. The quantitative estimate of drug-likeness (QED) is 0.161. The molecule has 226 valence electrons. The fraction of sp³-hybridized carbons (Fsp3) is 0.382. The van der Waals surface area contributed by atoms with Crippen LogP contribution in [0.15, 0.2) is 86.9 Å². The summed E-state index contributed by atoms with van der Waals surface area (Å²) in [5.74, 6) is 2.35. The Hall–Kier alpha value is -2.95. The summed E-state index contributed by atoms with van der Waals surface area (Å²) < 4.78 is 12.4. The maximum absolute atomic E-state index is 13.1. The standard InChI is InChI=1S/C34H39ClIN5O2/c1-5-7-11-31(39(3)6-2)34(42,25-14-17-28(43-4)18-15-25)26-16-19-30-29(21-26)32(24-9-8-10-27(35)20-24)41-33(37-38-36-41)40(30)22-23-12-13-23/h8-11,14-21,23,32,42H,5-7,12-13,22H2,1-4H3/b31-11-. The smallest absolute Gasteiger partial charge is 0.237 e. The number of guanidine groups is 1. The van der Waals surface area contributed by atoms with Gasteiger partial charge in [0.05, 0.1) is 18.8 Å². The van der Waals surface area contributed by atoms with E-state index in [9.17, 15) is 5.11 Å². The molecule has 0 bridgehead atoms. The molecular weight excluding hydrogens is 673 g/mol. The van der Waals surface area contributed by atoms with Gasteiger partial charge in [0.15, 0.2) is 5.60 Å². The Bertz CT molecular complexity index is 1570. The molecule has 1 aliphatic carbocycles. The van der Waals surface area contributed by atoms with Gasteiger partial charge in [-0.05, 0) is 85.2 Å². The van der Waals surface area contributed by atoms with Gasteiger partial charge in [-0.25, -0.2) is 0 Å². The second-order valence-corrected chi connectivity index (χ2v) is 13.8. The second kappa shape index (κ2) is 12.6. The van der Waals surface area contributed by atoms with E-state index in [4.69, 9.17) is 16.3 Å². The molecule has 9 heteroatoms. The van der Waals surface area contributed by atoms with Gasteiger partial charge < -0.3 is 19.6 Å². The first kappa shape index (κ1) is 30.1. The molecule has 6 rings (SSSR count). The molecule has 43 heavy (non-hydrogen) atoms.